The second-order valence-corrected chi connectivity index (χ2v) is 9.81. The van der Waals surface area contributed by atoms with Crippen molar-refractivity contribution in [2.24, 2.45) is 11.1 Å². The maximum Gasteiger partial charge on any atom is 0.250 e. The van der Waals surface area contributed by atoms with Crippen LogP contribution in [-0.4, -0.2) is 32.9 Å². The Balaban J connectivity index is 1.78. The fourth-order valence-corrected chi connectivity index (χ4v) is 4.99. The Morgan fingerprint density at radius 3 is 2.68 bits per heavy atom. The van der Waals surface area contributed by atoms with Crippen LogP contribution in [0.25, 0.3) is 5.69 Å². The van der Waals surface area contributed by atoms with E-state index in [0.717, 1.165) is 37.1 Å². The van der Waals surface area contributed by atoms with Gasteiger partial charge in [-0.05, 0) is 74.5 Å². The number of carbonyl (C=O) groups is 1. The zero-order valence-corrected chi connectivity index (χ0v) is 18.7. The number of nitrogens with one attached hydrogen (secondary N) is 1. The van der Waals surface area contributed by atoms with E-state index in [1.807, 2.05) is 0 Å². The lowest BCUT2D eigenvalue weighted by Gasteiger charge is -2.30. The summed E-state index contributed by atoms with van der Waals surface area (Å²) in [4.78, 5) is 12.0. The van der Waals surface area contributed by atoms with Crippen LogP contribution in [0.15, 0.2) is 12.1 Å². The van der Waals surface area contributed by atoms with Gasteiger partial charge in [-0.1, -0.05) is 20.8 Å². The number of anilines is 1. The molecule has 31 heavy (non-hydrogen) atoms. The Labute approximate surface area is 183 Å². The number of nitrogens with zero attached hydrogens (tertiary/aromatic N) is 2. The highest BCUT2D eigenvalue weighted by Gasteiger charge is 2.32. The van der Waals surface area contributed by atoms with Gasteiger partial charge in [-0.15, -0.1) is 0 Å². The molecular weight excluding hydrogens is 395 g/mol. The molecule has 1 saturated carbocycles. The van der Waals surface area contributed by atoms with Crippen molar-refractivity contribution in [2.75, 3.05) is 5.32 Å². The standard InChI is InChI=1S/C24H33FN4O2/c1-4-18-16-11-12-24(2,3)13-20(16)29(28-18)19-10-9-17(23(26)31)22(21(19)25)27-14-5-7-15(30)8-6-14/h9-10,14-15,27,30H,4-8,11-13H2,1-3H3,(H2,26,31). The Morgan fingerprint density at radius 2 is 2.03 bits per heavy atom. The van der Waals surface area contributed by atoms with Crippen molar-refractivity contribution in [2.45, 2.75) is 84.3 Å². The molecule has 1 aromatic carbocycles. The molecule has 2 aliphatic carbocycles. The van der Waals surface area contributed by atoms with Crippen LogP contribution < -0.4 is 11.1 Å². The number of hydrogen-bond donors (Lipinski definition) is 3. The normalized spacial score (nSPS) is 22.7. The van der Waals surface area contributed by atoms with Gasteiger partial charge in [0.05, 0.1) is 23.0 Å². The molecule has 4 N–H and O–H groups in total. The highest BCUT2D eigenvalue weighted by Crippen LogP contribution is 2.38. The second kappa shape index (κ2) is 8.26. The number of fused-ring (bicyclic) bond motifs is 1. The van der Waals surface area contributed by atoms with Crippen LogP contribution in [0.4, 0.5) is 10.1 Å². The van der Waals surface area contributed by atoms with E-state index in [-0.39, 0.29) is 28.8 Å². The summed E-state index contributed by atoms with van der Waals surface area (Å²) in [6, 6.07) is 3.19. The monoisotopic (exact) mass is 428 g/mol. The van der Waals surface area contributed by atoms with Gasteiger partial charge in [0.2, 0.25) is 0 Å². The molecule has 0 spiro atoms. The summed E-state index contributed by atoms with van der Waals surface area (Å²) < 4.78 is 17.6. The van der Waals surface area contributed by atoms with E-state index in [1.165, 1.54) is 5.56 Å². The average molecular weight is 429 g/mol. The molecule has 6 nitrogen and oxygen atoms in total. The molecule has 7 heteroatoms. The highest BCUT2D eigenvalue weighted by molar-refractivity contribution is 5.99. The van der Waals surface area contributed by atoms with E-state index in [9.17, 15) is 9.90 Å². The number of benzene rings is 1. The number of aryl methyl sites for hydroxylation is 1. The number of hydrogen-bond acceptors (Lipinski definition) is 4. The van der Waals surface area contributed by atoms with Crippen LogP contribution in [0, 0.1) is 11.2 Å². The van der Waals surface area contributed by atoms with Gasteiger partial charge in [0, 0.05) is 11.7 Å². The highest BCUT2D eigenvalue weighted by atomic mass is 19.1. The van der Waals surface area contributed by atoms with Crippen molar-refractivity contribution in [3.05, 3.63) is 40.5 Å². The van der Waals surface area contributed by atoms with E-state index in [4.69, 9.17) is 10.8 Å². The zero-order valence-electron chi connectivity index (χ0n) is 18.7. The van der Waals surface area contributed by atoms with Gasteiger partial charge in [0.15, 0.2) is 5.82 Å². The number of primary amides is 1. The quantitative estimate of drug-likeness (QED) is 0.673. The molecule has 2 aromatic rings. The third-order valence-corrected chi connectivity index (χ3v) is 6.87. The zero-order chi connectivity index (χ0) is 22.3. The minimum atomic E-state index is -0.665. The number of amides is 1. The van der Waals surface area contributed by atoms with Gasteiger partial charge in [0.1, 0.15) is 5.69 Å². The van der Waals surface area contributed by atoms with Crippen molar-refractivity contribution in [1.29, 1.82) is 0 Å². The summed E-state index contributed by atoms with van der Waals surface area (Å²) >= 11 is 0. The first kappa shape index (κ1) is 21.8. The molecule has 1 amide bonds. The lowest BCUT2D eigenvalue weighted by atomic mass is 9.76. The van der Waals surface area contributed by atoms with Gasteiger partial charge in [-0.25, -0.2) is 9.07 Å². The maximum atomic E-state index is 15.9. The van der Waals surface area contributed by atoms with E-state index in [0.29, 0.717) is 31.4 Å². The average Bonchev–Trinajstić information content (AvgIpc) is 3.07. The van der Waals surface area contributed by atoms with E-state index in [1.54, 1.807) is 16.8 Å². The number of aliphatic hydroxyl groups is 1. The molecular formula is C24H33FN4O2. The smallest absolute Gasteiger partial charge is 0.250 e. The summed E-state index contributed by atoms with van der Waals surface area (Å²) in [7, 11) is 0. The van der Waals surface area contributed by atoms with Gasteiger partial charge < -0.3 is 16.2 Å². The summed E-state index contributed by atoms with van der Waals surface area (Å²) in [5.41, 5.74) is 9.63. The van der Waals surface area contributed by atoms with E-state index < -0.39 is 11.7 Å². The predicted octanol–water partition coefficient (Wildman–Crippen LogP) is 3.90. The molecule has 2 aliphatic rings. The van der Waals surface area contributed by atoms with Crippen molar-refractivity contribution in [1.82, 2.24) is 9.78 Å². The Kier molecular flexibility index (Phi) is 5.81. The van der Waals surface area contributed by atoms with Gasteiger partial charge in [-0.2, -0.15) is 5.10 Å². The molecule has 0 saturated heterocycles. The number of carbonyl (C=O) groups excluding carboxylic acids is 1. The maximum absolute atomic E-state index is 15.9. The first-order valence-electron chi connectivity index (χ1n) is 11.4. The molecule has 0 aliphatic heterocycles. The number of rotatable bonds is 5. The second-order valence-electron chi connectivity index (χ2n) is 9.81. The van der Waals surface area contributed by atoms with Crippen LogP contribution in [0.1, 0.15) is 80.2 Å². The topological polar surface area (TPSA) is 93.2 Å². The van der Waals surface area contributed by atoms with Crippen LogP contribution >= 0.6 is 0 Å². The molecule has 0 atom stereocenters. The Bertz CT molecular complexity index is 990. The molecule has 4 rings (SSSR count). The van der Waals surface area contributed by atoms with Gasteiger partial charge in [0.25, 0.3) is 5.91 Å². The van der Waals surface area contributed by atoms with Crippen molar-refractivity contribution >= 4 is 11.6 Å². The minimum absolute atomic E-state index is 0.0112. The largest absolute Gasteiger partial charge is 0.393 e. The third kappa shape index (κ3) is 4.20. The van der Waals surface area contributed by atoms with E-state index in [2.05, 4.69) is 26.1 Å². The fourth-order valence-electron chi connectivity index (χ4n) is 4.99. The summed E-state index contributed by atoms with van der Waals surface area (Å²) in [5, 5.41) is 17.8. The van der Waals surface area contributed by atoms with Crippen LogP contribution in [0.5, 0.6) is 0 Å². The molecule has 1 heterocycles. The number of aromatic nitrogens is 2. The minimum Gasteiger partial charge on any atom is -0.393 e. The van der Waals surface area contributed by atoms with E-state index >= 15 is 4.39 Å². The number of halogens is 1. The molecule has 0 bridgehead atoms. The Hall–Kier alpha value is -2.41. The van der Waals surface area contributed by atoms with Gasteiger partial charge >= 0.3 is 0 Å². The fraction of sp³-hybridized carbons (Fsp3) is 0.583. The lowest BCUT2D eigenvalue weighted by Crippen LogP contribution is -2.30. The first-order valence-corrected chi connectivity index (χ1v) is 11.4. The predicted molar refractivity (Wildman–Crippen MR) is 119 cm³/mol. The molecule has 1 fully saturated rings. The molecule has 0 radical (unpaired) electrons. The third-order valence-electron chi connectivity index (χ3n) is 6.87. The first-order chi connectivity index (χ1) is 14.7. The molecule has 0 unspecified atom stereocenters. The van der Waals surface area contributed by atoms with Crippen LogP contribution in [0.3, 0.4) is 0 Å². The van der Waals surface area contributed by atoms with Crippen molar-refractivity contribution in [3.63, 3.8) is 0 Å². The number of nitrogens with two attached hydrogens (primary N) is 1. The van der Waals surface area contributed by atoms with Crippen molar-refractivity contribution < 1.29 is 14.3 Å². The summed E-state index contributed by atoms with van der Waals surface area (Å²) in [6.45, 7) is 6.54. The van der Waals surface area contributed by atoms with Crippen molar-refractivity contribution in [3.8, 4) is 5.69 Å². The van der Waals surface area contributed by atoms with Gasteiger partial charge in [-0.3, -0.25) is 4.79 Å². The lowest BCUT2D eigenvalue weighted by molar-refractivity contribution is 0.1000. The summed E-state index contributed by atoms with van der Waals surface area (Å²) in [6.07, 6.45) is 6.10. The molecule has 168 valence electrons. The Morgan fingerprint density at radius 1 is 1.32 bits per heavy atom. The van der Waals surface area contributed by atoms with Crippen LogP contribution in [0.2, 0.25) is 0 Å². The SMILES string of the molecule is CCc1nn(-c2ccc(C(N)=O)c(NC3CCC(O)CC3)c2F)c2c1CCC(C)(C)C2. The summed E-state index contributed by atoms with van der Waals surface area (Å²) in [5.74, 6) is -1.17. The van der Waals surface area contributed by atoms with Crippen LogP contribution in [-0.2, 0) is 19.3 Å². The number of aliphatic hydroxyl groups excluding tert-OH is 1. The molecule has 1 aromatic heterocycles.